The summed E-state index contributed by atoms with van der Waals surface area (Å²) in [4.78, 5) is 22.6. The predicted molar refractivity (Wildman–Crippen MR) is 68.3 cm³/mol. The van der Waals surface area contributed by atoms with Gasteiger partial charge in [0.15, 0.2) is 0 Å². The zero-order valence-corrected chi connectivity index (χ0v) is 11.3. The minimum Gasteiger partial charge on any atom is -0.497 e. The Bertz CT molecular complexity index is 594. The number of hydrogen-bond donors (Lipinski definition) is 3. The number of hydrogen-bond acceptors (Lipinski definition) is 5. The Morgan fingerprint density at radius 3 is 2.25 bits per heavy atom. The van der Waals surface area contributed by atoms with Gasteiger partial charge in [0.2, 0.25) is 0 Å². The molecule has 0 saturated carbocycles. The van der Waals surface area contributed by atoms with Crippen molar-refractivity contribution in [3.05, 3.63) is 29.8 Å². The molecule has 8 nitrogen and oxygen atoms in total. The van der Waals surface area contributed by atoms with Crippen LogP contribution < -0.4 is 10.1 Å². The minimum absolute atomic E-state index is 0.132. The number of ether oxygens (including phenoxy) is 1. The number of carbonyl (C=O) groups is 2. The average Bonchev–Trinajstić information content (AvgIpc) is 2.36. The molecule has 1 aromatic carbocycles. The highest BCUT2D eigenvalue weighted by atomic mass is 32.2. The van der Waals surface area contributed by atoms with Gasteiger partial charge in [-0.2, -0.15) is 8.42 Å². The van der Waals surface area contributed by atoms with Crippen LogP contribution in [-0.4, -0.2) is 48.9 Å². The predicted octanol–water partition coefficient (Wildman–Crippen LogP) is -0.234. The molecule has 0 heterocycles. The maximum absolute atomic E-state index is 11.8. The molecule has 0 aliphatic heterocycles. The lowest BCUT2D eigenvalue weighted by atomic mass is 10.2. The molecule has 0 aromatic heterocycles. The molecule has 0 aliphatic rings. The number of carbonyl (C=O) groups excluding carboxylic acids is 1. The van der Waals surface area contributed by atoms with Crippen LogP contribution in [0.15, 0.2) is 24.3 Å². The second-order valence-electron chi connectivity index (χ2n) is 3.84. The van der Waals surface area contributed by atoms with Gasteiger partial charge in [0.05, 0.1) is 7.11 Å². The summed E-state index contributed by atoms with van der Waals surface area (Å²) in [6, 6.07) is 4.03. The Kier molecular flexibility index (Phi) is 5.06. The van der Waals surface area contributed by atoms with E-state index in [-0.39, 0.29) is 5.56 Å². The Morgan fingerprint density at radius 2 is 1.85 bits per heavy atom. The molecule has 1 aromatic rings. The van der Waals surface area contributed by atoms with Gasteiger partial charge in [-0.05, 0) is 24.3 Å². The molecule has 0 radical (unpaired) electrons. The van der Waals surface area contributed by atoms with Crippen molar-refractivity contribution in [3.63, 3.8) is 0 Å². The maximum atomic E-state index is 11.8. The van der Waals surface area contributed by atoms with E-state index in [1.807, 2.05) is 5.32 Å². The molecule has 0 bridgehead atoms. The molecule has 9 heteroatoms. The Balaban J connectivity index is 2.82. The fraction of sp³-hybridized carbons (Fsp3) is 0.273. The van der Waals surface area contributed by atoms with E-state index in [4.69, 9.17) is 14.4 Å². The van der Waals surface area contributed by atoms with Crippen molar-refractivity contribution in [3.8, 4) is 5.75 Å². The Morgan fingerprint density at radius 1 is 1.30 bits per heavy atom. The molecular weight excluding hydrogens is 290 g/mol. The normalized spacial score (nSPS) is 12.5. The van der Waals surface area contributed by atoms with E-state index in [1.54, 1.807) is 0 Å². The summed E-state index contributed by atoms with van der Waals surface area (Å²) in [6.07, 6.45) is 0. The largest absolute Gasteiger partial charge is 0.497 e. The summed E-state index contributed by atoms with van der Waals surface area (Å²) in [5.74, 6) is -2.94. The number of carboxylic acid groups (broad SMARTS) is 1. The van der Waals surface area contributed by atoms with Crippen LogP contribution in [0, 0.1) is 0 Å². The molecule has 3 N–H and O–H groups in total. The number of methoxy groups -OCH3 is 1. The highest BCUT2D eigenvalue weighted by Gasteiger charge is 2.26. The fourth-order valence-corrected chi connectivity index (χ4v) is 2.02. The lowest BCUT2D eigenvalue weighted by molar-refractivity contribution is -0.138. The van der Waals surface area contributed by atoms with E-state index in [9.17, 15) is 18.0 Å². The molecule has 110 valence electrons. The van der Waals surface area contributed by atoms with Crippen LogP contribution >= 0.6 is 0 Å². The van der Waals surface area contributed by atoms with Gasteiger partial charge in [-0.15, -0.1) is 0 Å². The van der Waals surface area contributed by atoms with E-state index in [0.29, 0.717) is 5.75 Å². The first-order valence-corrected chi connectivity index (χ1v) is 6.96. The van der Waals surface area contributed by atoms with Crippen LogP contribution in [0.1, 0.15) is 10.4 Å². The molecule has 20 heavy (non-hydrogen) atoms. The number of rotatable bonds is 6. The first-order valence-electron chi connectivity index (χ1n) is 5.36. The van der Waals surface area contributed by atoms with Crippen LogP contribution in [0.5, 0.6) is 5.75 Å². The number of aliphatic carboxylic acids is 1. The van der Waals surface area contributed by atoms with Crippen LogP contribution in [0.3, 0.4) is 0 Å². The molecule has 0 aliphatic carbocycles. The minimum atomic E-state index is -4.52. The molecular formula is C11H13NO7S. The molecule has 0 fully saturated rings. The van der Waals surface area contributed by atoms with Gasteiger partial charge >= 0.3 is 5.97 Å². The van der Waals surface area contributed by atoms with Crippen LogP contribution in [0.4, 0.5) is 0 Å². The zero-order valence-electron chi connectivity index (χ0n) is 10.4. The highest BCUT2D eigenvalue weighted by molar-refractivity contribution is 7.85. The summed E-state index contributed by atoms with van der Waals surface area (Å²) < 4.78 is 34.9. The number of benzene rings is 1. The van der Waals surface area contributed by atoms with Crippen molar-refractivity contribution in [1.82, 2.24) is 5.32 Å². The van der Waals surface area contributed by atoms with Crippen molar-refractivity contribution in [2.45, 2.75) is 6.04 Å². The second-order valence-corrected chi connectivity index (χ2v) is 5.34. The van der Waals surface area contributed by atoms with Crippen LogP contribution in [-0.2, 0) is 14.9 Å². The molecule has 1 rings (SSSR count). The Hall–Kier alpha value is -2.13. The summed E-state index contributed by atoms with van der Waals surface area (Å²) in [6.45, 7) is 0. The van der Waals surface area contributed by atoms with E-state index in [1.165, 1.54) is 31.4 Å². The quantitative estimate of drug-likeness (QED) is 0.618. The van der Waals surface area contributed by atoms with Gasteiger partial charge in [-0.25, -0.2) is 4.79 Å². The van der Waals surface area contributed by atoms with Gasteiger partial charge in [0.25, 0.3) is 16.0 Å². The molecule has 1 atom stereocenters. The number of carboxylic acids is 1. The SMILES string of the molecule is COc1ccc(C(=O)N[C@@H](CS(=O)(=O)O)C(=O)O)cc1. The highest BCUT2D eigenvalue weighted by Crippen LogP contribution is 2.11. The van der Waals surface area contributed by atoms with Crippen LogP contribution in [0.25, 0.3) is 0 Å². The average molecular weight is 303 g/mol. The van der Waals surface area contributed by atoms with Crippen molar-refractivity contribution < 1.29 is 32.4 Å². The van der Waals surface area contributed by atoms with E-state index in [2.05, 4.69) is 0 Å². The lowest BCUT2D eigenvalue weighted by Crippen LogP contribution is -2.45. The first-order chi connectivity index (χ1) is 9.23. The maximum Gasteiger partial charge on any atom is 0.327 e. The Labute approximate surface area is 115 Å². The van der Waals surface area contributed by atoms with Crippen molar-refractivity contribution in [2.75, 3.05) is 12.9 Å². The molecule has 0 unspecified atom stereocenters. The summed E-state index contributed by atoms with van der Waals surface area (Å²) in [5, 5.41) is 10.8. The van der Waals surface area contributed by atoms with Gasteiger partial charge in [0, 0.05) is 5.56 Å². The van der Waals surface area contributed by atoms with Crippen molar-refractivity contribution in [2.24, 2.45) is 0 Å². The van der Waals surface area contributed by atoms with Gasteiger partial charge in [-0.1, -0.05) is 0 Å². The van der Waals surface area contributed by atoms with Crippen molar-refractivity contribution >= 4 is 22.0 Å². The second kappa shape index (κ2) is 6.35. The summed E-state index contributed by atoms with van der Waals surface area (Å²) in [5.41, 5.74) is 0.132. The zero-order chi connectivity index (χ0) is 15.3. The lowest BCUT2D eigenvalue weighted by Gasteiger charge is -2.13. The third kappa shape index (κ3) is 4.86. The van der Waals surface area contributed by atoms with Gasteiger partial charge in [0.1, 0.15) is 17.5 Å². The van der Waals surface area contributed by atoms with Crippen LogP contribution in [0.2, 0.25) is 0 Å². The van der Waals surface area contributed by atoms with Gasteiger partial charge in [-0.3, -0.25) is 9.35 Å². The standard InChI is InChI=1S/C11H13NO7S/c1-19-8-4-2-7(3-5-8)10(13)12-9(11(14)15)6-20(16,17)18/h2-5,9H,6H2,1H3,(H,12,13)(H,14,15)(H,16,17,18)/t9-/m0/s1. The smallest absolute Gasteiger partial charge is 0.327 e. The van der Waals surface area contributed by atoms with E-state index >= 15 is 0 Å². The van der Waals surface area contributed by atoms with E-state index in [0.717, 1.165) is 0 Å². The van der Waals surface area contributed by atoms with Gasteiger partial charge < -0.3 is 15.2 Å². The first kappa shape index (κ1) is 15.9. The number of nitrogens with one attached hydrogen (secondary N) is 1. The molecule has 1 amide bonds. The monoisotopic (exact) mass is 303 g/mol. The summed E-state index contributed by atoms with van der Waals surface area (Å²) >= 11 is 0. The topological polar surface area (TPSA) is 130 Å². The molecule has 0 saturated heterocycles. The number of amides is 1. The van der Waals surface area contributed by atoms with E-state index < -0.39 is 33.8 Å². The molecule has 0 spiro atoms. The third-order valence-electron chi connectivity index (χ3n) is 2.33. The van der Waals surface area contributed by atoms with Crippen molar-refractivity contribution in [1.29, 1.82) is 0 Å². The summed E-state index contributed by atoms with van der Waals surface area (Å²) in [7, 11) is -3.08. The fourth-order valence-electron chi connectivity index (χ4n) is 1.37. The third-order valence-corrected chi connectivity index (χ3v) is 3.09.